The maximum absolute atomic E-state index is 13.5. The van der Waals surface area contributed by atoms with Gasteiger partial charge in [-0.15, -0.1) is 0 Å². The van der Waals surface area contributed by atoms with Gasteiger partial charge in [0, 0.05) is 56.5 Å². The molecule has 32 heavy (non-hydrogen) atoms. The molecule has 0 spiro atoms. The Morgan fingerprint density at radius 2 is 1.78 bits per heavy atom. The zero-order valence-electron chi connectivity index (χ0n) is 18.9. The van der Waals surface area contributed by atoms with Crippen molar-refractivity contribution in [2.24, 2.45) is 0 Å². The molecule has 0 amide bonds. The smallest absolute Gasteiger partial charge is 0.223 e. The van der Waals surface area contributed by atoms with Crippen LogP contribution < -0.4 is 5.32 Å². The van der Waals surface area contributed by atoms with E-state index in [1.165, 1.54) is 23.1 Å². The summed E-state index contributed by atoms with van der Waals surface area (Å²) in [5, 5.41) is 5.23. The number of hydrogen-bond acceptors (Lipinski definition) is 4. The van der Waals surface area contributed by atoms with Gasteiger partial charge in [-0.25, -0.2) is 4.39 Å². The van der Waals surface area contributed by atoms with E-state index in [4.69, 9.17) is 21.1 Å². The molecule has 1 fully saturated rings. The maximum Gasteiger partial charge on any atom is 0.223 e. The standard InChI is InChI=1S/C25H31ClFN3O2/c1-25(31-2,32-3)28-12-15-29-13-10-18(11-14-29)23-17-30(21-7-5-20(27)6-8-21)24-16-19(26)4-9-22(23)24/h4-9,16-18,28H,10-15H2,1-3H3. The molecule has 0 unspecified atom stereocenters. The lowest BCUT2D eigenvalue weighted by Gasteiger charge is -2.33. The fourth-order valence-corrected chi connectivity index (χ4v) is 4.67. The monoisotopic (exact) mass is 459 g/mol. The summed E-state index contributed by atoms with van der Waals surface area (Å²) >= 11 is 6.32. The second-order valence-corrected chi connectivity index (χ2v) is 8.93. The molecule has 1 aliphatic rings. The minimum Gasteiger partial charge on any atom is -0.341 e. The Balaban J connectivity index is 1.47. The van der Waals surface area contributed by atoms with Gasteiger partial charge in [0.25, 0.3) is 0 Å². The second-order valence-electron chi connectivity index (χ2n) is 8.49. The summed E-state index contributed by atoms with van der Waals surface area (Å²) in [6, 6.07) is 12.7. The van der Waals surface area contributed by atoms with Crippen LogP contribution in [0.5, 0.6) is 0 Å². The van der Waals surface area contributed by atoms with E-state index in [0.717, 1.165) is 50.2 Å². The molecule has 4 rings (SSSR count). The molecular formula is C25H31ClFN3O2. The molecule has 0 aliphatic carbocycles. The number of ether oxygens (including phenoxy) is 2. The average molecular weight is 460 g/mol. The van der Waals surface area contributed by atoms with Gasteiger partial charge in [-0.2, -0.15) is 0 Å². The molecule has 0 radical (unpaired) electrons. The van der Waals surface area contributed by atoms with Crippen LogP contribution in [0.15, 0.2) is 48.7 Å². The van der Waals surface area contributed by atoms with Gasteiger partial charge in [-0.05, 0) is 73.8 Å². The number of fused-ring (bicyclic) bond motifs is 1. The third-order valence-corrected chi connectivity index (χ3v) is 6.82. The minimum atomic E-state index is -0.748. The molecular weight excluding hydrogens is 429 g/mol. The van der Waals surface area contributed by atoms with Crippen LogP contribution >= 0.6 is 11.6 Å². The lowest BCUT2D eigenvalue weighted by atomic mass is 9.89. The van der Waals surface area contributed by atoms with Crippen molar-refractivity contribution in [3.8, 4) is 5.69 Å². The van der Waals surface area contributed by atoms with Crippen LogP contribution in [0.1, 0.15) is 31.2 Å². The number of benzene rings is 2. The van der Waals surface area contributed by atoms with Gasteiger partial charge in [0.2, 0.25) is 5.91 Å². The molecule has 0 saturated carbocycles. The molecule has 0 bridgehead atoms. The van der Waals surface area contributed by atoms with Crippen molar-refractivity contribution < 1.29 is 13.9 Å². The minimum absolute atomic E-state index is 0.235. The summed E-state index contributed by atoms with van der Waals surface area (Å²) in [5.41, 5.74) is 3.34. The third kappa shape index (κ3) is 5.00. The van der Waals surface area contributed by atoms with Crippen LogP contribution in [-0.4, -0.2) is 55.8 Å². The number of nitrogens with zero attached hydrogens (tertiary/aromatic N) is 2. The molecule has 7 heteroatoms. The SMILES string of the molecule is COC(C)(NCCN1CCC(c2cn(-c3ccc(F)cc3)c3cc(Cl)ccc23)CC1)OC. The Bertz CT molecular complexity index is 1040. The predicted octanol–water partition coefficient (Wildman–Crippen LogP) is 5.16. The first-order chi connectivity index (χ1) is 15.4. The van der Waals surface area contributed by atoms with Gasteiger partial charge in [0.05, 0.1) is 5.52 Å². The summed E-state index contributed by atoms with van der Waals surface area (Å²) in [5.74, 6) is -0.503. The first-order valence-corrected chi connectivity index (χ1v) is 11.4. The Kier molecular flexibility index (Phi) is 7.17. The van der Waals surface area contributed by atoms with Crippen LogP contribution in [-0.2, 0) is 9.47 Å². The van der Waals surface area contributed by atoms with Crippen molar-refractivity contribution >= 4 is 22.5 Å². The van der Waals surface area contributed by atoms with Crippen molar-refractivity contribution in [1.82, 2.24) is 14.8 Å². The van der Waals surface area contributed by atoms with Crippen molar-refractivity contribution in [1.29, 1.82) is 0 Å². The molecule has 5 nitrogen and oxygen atoms in total. The molecule has 3 aromatic rings. The zero-order chi connectivity index (χ0) is 22.7. The summed E-state index contributed by atoms with van der Waals surface area (Å²) in [6.45, 7) is 5.70. The number of piperidine rings is 1. The molecule has 1 aromatic heterocycles. The van der Waals surface area contributed by atoms with Crippen molar-refractivity contribution in [2.45, 2.75) is 31.6 Å². The maximum atomic E-state index is 13.5. The van der Waals surface area contributed by atoms with E-state index >= 15 is 0 Å². The first kappa shape index (κ1) is 23.2. The summed E-state index contributed by atoms with van der Waals surface area (Å²) < 4.78 is 26.3. The Hall–Kier alpha value is -1.96. The molecule has 2 aromatic carbocycles. The molecule has 1 saturated heterocycles. The summed E-state index contributed by atoms with van der Waals surface area (Å²) in [6.07, 6.45) is 4.40. The highest BCUT2D eigenvalue weighted by Gasteiger charge is 2.25. The molecule has 172 valence electrons. The highest BCUT2D eigenvalue weighted by atomic mass is 35.5. The van der Waals surface area contributed by atoms with Gasteiger partial charge >= 0.3 is 0 Å². The fraction of sp³-hybridized carbons (Fsp3) is 0.440. The van der Waals surface area contributed by atoms with Gasteiger partial charge in [-0.1, -0.05) is 17.7 Å². The zero-order valence-corrected chi connectivity index (χ0v) is 19.7. The fourth-order valence-electron chi connectivity index (χ4n) is 4.50. The summed E-state index contributed by atoms with van der Waals surface area (Å²) in [4.78, 5) is 2.48. The number of rotatable bonds is 8. The number of hydrogen-bond donors (Lipinski definition) is 1. The van der Waals surface area contributed by atoms with E-state index in [0.29, 0.717) is 10.9 Å². The van der Waals surface area contributed by atoms with Crippen LogP contribution in [0, 0.1) is 5.82 Å². The van der Waals surface area contributed by atoms with E-state index < -0.39 is 5.91 Å². The Labute approximate surface area is 194 Å². The van der Waals surface area contributed by atoms with Crippen molar-refractivity contribution in [3.05, 3.63) is 65.1 Å². The van der Waals surface area contributed by atoms with Crippen LogP contribution in [0.4, 0.5) is 4.39 Å². The highest BCUT2D eigenvalue weighted by molar-refractivity contribution is 6.31. The van der Waals surface area contributed by atoms with Crippen LogP contribution in [0.25, 0.3) is 16.6 Å². The quantitative estimate of drug-likeness (QED) is 0.472. The second kappa shape index (κ2) is 9.89. The van der Waals surface area contributed by atoms with Crippen molar-refractivity contribution in [2.75, 3.05) is 40.4 Å². The van der Waals surface area contributed by atoms with E-state index in [1.807, 2.05) is 31.2 Å². The largest absolute Gasteiger partial charge is 0.341 e. The van der Waals surface area contributed by atoms with Gasteiger partial charge in [0.1, 0.15) is 5.82 Å². The number of likely N-dealkylation sites (tertiary alicyclic amines) is 1. The normalized spacial score (nSPS) is 16.2. The molecule has 0 atom stereocenters. The topological polar surface area (TPSA) is 38.7 Å². The van der Waals surface area contributed by atoms with E-state index in [2.05, 4.69) is 27.0 Å². The third-order valence-electron chi connectivity index (χ3n) is 6.58. The van der Waals surface area contributed by atoms with Gasteiger partial charge < -0.3 is 18.9 Å². The molecule has 1 N–H and O–H groups in total. The summed E-state index contributed by atoms with van der Waals surface area (Å²) in [7, 11) is 3.27. The van der Waals surface area contributed by atoms with E-state index in [9.17, 15) is 4.39 Å². The van der Waals surface area contributed by atoms with E-state index in [-0.39, 0.29) is 5.82 Å². The lowest BCUT2D eigenvalue weighted by Crippen LogP contribution is -2.49. The van der Waals surface area contributed by atoms with E-state index in [1.54, 1.807) is 14.2 Å². The number of methoxy groups -OCH3 is 2. The predicted molar refractivity (Wildman–Crippen MR) is 127 cm³/mol. The van der Waals surface area contributed by atoms with Crippen LogP contribution in [0.2, 0.25) is 5.02 Å². The number of halogens is 2. The van der Waals surface area contributed by atoms with Crippen molar-refractivity contribution in [3.63, 3.8) is 0 Å². The molecule has 1 aliphatic heterocycles. The van der Waals surface area contributed by atoms with Gasteiger partial charge in [0.15, 0.2) is 0 Å². The first-order valence-electron chi connectivity index (χ1n) is 11.1. The average Bonchev–Trinajstić information content (AvgIpc) is 3.18. The number of aromatic nitrogens is 1. The van der Waals surface area contributed by atoms with Gasteiger partial charge in [-0.3, -0.25) is 5.32 Å². The lowest BCUT2D eigenvalue weighted by molar-refractivity contribution is -0.214. The Morgan fingerprint density at radius 1 is 1.09 bits per heavy atom. The Morgan fingerprint density at radius 3 is 2.44 bits per heavy atom. The molecule has 2 heterocycles. The highest BCUT2D eigenvalue weighted by Crippen LogP contribution is 2.36. The number of nitrogens with one attached hydrogen (secondary N) is 1. The van der Waals surface area contributed by atoms with Crippen LogP contribution in [0.3, 0.4) is 0 Å².